The summed E-state index contributed by atoms with van der Waals surface area (Å²) in [6.45, 7) is 0. The molecule has 0 saturated heterocycles. The van der Waals surface area contributed by atoms with Crippen LogP contribution in [0.1, 0.15) is 36.0 Å². The van der Waals surface area contributed by atoms with Gasteiger partial charge in [0.15, 0.2) is 0 Å². The van der Waals surface area contributed by atoms with Crippen molar-refractivity contribution in [2.45, 2.75) is 31.7 Å². The number of rotatable bonds is 4. The van der Waals surface area contributed by atoms with Gasteiger partial charge in [0.25, 0.3) is 5.91 Å². The highest BCUT2D eigenvalue weighted by Crippen LogP contribution is 2.26. The minimum atomic E-state index is -0.752. The number of aromatic nitrogens is 2. The summed E-state index contributed by atoms with van der Waals surface area (Å²) in [5.74, 6) is -1.26. The highest BCUT2D eigenvalue weighted by molar-refractivity contribution is 6.30. The van der Waals surface area contributed by atoms with E-state index in [9.17, 15) is 9.59 Å². The lowest BCUT2D eigenvalue weighted by molar-refractivity contribution is -0.142. The molecule has 1 heterocycles. The average Bonchev–Trinajstić information content (AvgIpc) is 3.05. The van der Waals surface area contributed by atoms with Gasteiger partial charge in [-0.1, -0.05) is 23.7 Å². The normalized spacial score (nSPS) is 20.5. The number of carboxylic acid groups (broad SMARTS) is 1. The third-order valence-electron chi connectivity index (χ3n) is 4.41. The molecule has 24 heavy (non-hydrogen) atoms. The number of aromatic amines is 1. The summed E-state index contributed by atoms with van der Waals surface area (Å²) in [6.07, 6.45) is 4.02. The van der Waals surface area contributed by atoms with E-state index in [4.69, 9.17) is 16.7 Å². The Hall–Kier alpha value is -2.34. The maximum atomic E-state index is 12.5. The van der Waals surface area contributed by atoms with Crippen molar-refractivity contribution in [1.29, 1.82) is 0 Å². The molecular weight excluding hydrogens is 330 g/mol. The second-order valence-corrected chi connectivity index (χ2v) is 6.47. The maximum absolute atomic E-state index is 12.5. The van der Waals surface area contributed by atoms with Gasteiger partial charge in [-0.3, -0.25) is 14.7 Å². The van der Waals surface area contributed by atoms with Gasteiger partial charge in [0, 0.05) is 16.6 Å². The molecule has 0 bridgehead atoms. The topological polar surface area (TPSA) is 95.1 Å². The van der Waals surface area contributed by atoms with Crippen molar-refractivity contribution in [1.82, 2.24) is 15.5 Å². The lowest BCUT2D eigenvalue weighted by Crippen LogP contribution is -2.38. The predicted molar refractivity (Wildman–Crippen MR) is 89.9 cm³/mol. The Bertz CT molecular complexity index is 751. The van der Waals surface area contributed by atoms with Crippen LogP contribution in [0, 0.1) is 5.92 Å². The molecule has 1 aliphatic carbocycles. The van der Waals surface area contributed by atoms with E-state index in [1.807, 2.05) is 12.1 Å². The molecule has 126 valence electrons. The van der Waals surface area contributed by atoms with Crippen LogP contribution in [0.4, 0.5) is 0 Å². The highest BCUT2D eigenvalue weighted by Gasteiger charge is 2.27. The van der Waals surface area contributed by atoms with Crippen LogP contribution in [0.15, 0.2) is 30.5 Å². The van der Waals surface area contributed by atoms with Gasteiger partial charge < -0.3 is 10.4 Å². The van der Waals surface area contributed by atoms with Gasteiger partial charge in [0.2, 0.25) is 0 Å². The Balaban J connectivity index is 1.69. The molecule has 6 nitrogen and oxygen atoms in total. The zero-order chi connectivity index (χ0) is 17.1. The second-order valence-electron chi connectivity index (χ2n) is 6.03. The molecule has 1 amide bonds. The third kappa shape index (κ3) is 3.59. The molecule has 1 aliphatic rings. The zero-order valence-corrected chi connectivity index (χ0v) is 13.7. The van der Waals surface area contributed by atoms with Crippen LogP contribution < -0.4 is 5.32 Å². The molecule has 1 saturated carbocycles. The summed E-state index contributed by atoms with van der Waals surface area (Å²) in [7, 11) is 0. The largest absolute Gasteiger partial charge is 0.481 e. The molecule has 0 aliphatic heterocycles. The third-order valence-corrected chi connectivity index (χ3v) is 4.64. The Morgan fingerprint density at radius 1 is 1.25 bits per heavy atom. The van der Waals surface area contributed by atoms with E-state index in [0.717, 1.165) is 5.56 Å². The molecule has 1 aromatic heterocycles. The van der Waals surface area contributed by atoms with E-state index in [-0.39, 0.29) is 17.9 Å². The van der Waals surface area contributed by atoms with Gasteiger partial charge in [-0.25, -0.2) is 0 Å². The minimum Gasteiger partial charge on any atom is -0.481 e. The van der Waals surface area contributed by atoms with Crippen LogP contribution in [0.25, 0.3) is 11.3 Å². The fourth-order valence-electron chi connectivity index (χ4n) is 3.07. The van der Waals surface area contributed by atoms with E-state index in [0.29, 0.717) is 42.0 Å². The SMILES string of the molecule is O=C(NC1CCC(C(=O)O)CC1)c1cn[nH]c1-c1cccc(Cl)c1. The number of hydrogen-bond donors (Lipinski definition) is 3. The average molecular weight is 348 g/mol. The maximum Gasteiger partial charge on any atom is 0.306 e. The van der Waals surface area contributed by atoms with Gasteiger partial charge in [0.1, 0.15) is 0 Å². The number of H-pyrrole nitrogens is 1. The highest BCUT2D eigenvalue weighted by atomic mass is 35.5. The summed E-state index contributed by atoms with van der Waals surface area (Å²) >= 11 is 6.01. The first-order valence-corrected chi connectivity index (χ1v) is 8.25. The van der Waals surface area contributed by atoms with Crippen LogP contribution in [0.2, 0.25) is 5.02 Å². The number of benzene rings is 1. The van der Waals surface area contributed by atoms with Crippen molar-refractivity contribution in [2.75, 3.05) is 0 Å². The summed E-state index contributed by atoms with van der Waals surface area (Å²) in [5, 5.41) is 19.4. The van der Waals surface area contributed by atoms with Crippen molar-refractivity contribution < 1.29 is 14.7 Å². The fraction of sp³-hybridized carbons (Fsp3) is 0.353. The second kappa shape index (κ2) is 7.05. The molecule has 0 atom stereocenters. The predicted octanol–water partition coefficient (Wildman–Crippen LogP) is 3.10. The van der Waals surface area contributed by atoms with E-state index < -0.39 is 5.97 Å². The zero-order valence-electron chi connectivity index (χ0n) is 13.0. The number of nitrogens with zero attached hydrogens (tertiary/aromatic N) is 1. The summed E-state index contributed by atoms with van der Waals surface area (Å²) in [4.78, 5) is 23.5. The quantitative estimate of drug-likeness (QED) is 0.792. The number of aliphatic carboxylic acids is 1. The number of nitrogens with one attached hydrogen (secondary N) is 2. The number of amides is 1. The Morgan fingerprint density at radius 3 is 2.67 bits per heavy atom. The summed E-state index contributed by atoms with van der Waals surface area (Å²) in [5.41, 5.74) is 1.87. The van der Waals surface area contributed by atoms with Gasteiger partial charge in [0.05, 0.1) is 23.4 Å². The van der Waals surface area contributed by atoms with Gasteiger partial charge in [-0.05, 0) is 37.8 Å². The van der Waals surface area contributed by atoms with Crippen molar-refractivity contribution >= 4 is 23.5 Å². The smallest absolute Gasteiger partial charge is 0.306 e. The van der Waals surface area contributed by atoms with E-state index >= 15 is 0 Å². The van der Waals surface area contributed by atoms with Crippen molar-refractivity contribution in [2.24, 2.45) is 5.92 Å². The molecular formula is C17H18ClN3O3. The first-order valence-electron chi connectivity index (χ1n) is 7.87. The first-order chi connectivity index (χ1) is 11.5. The van der Waals surface area contributed by atoms with Crippen LogP contribution >= 0.6 is 11.6 Å². The molecule has 7 heteroatoms. The van der Waals surface area contributed by atoms with Gasteiger partial charge in [-0.2, -0.15) is 5.10 Å². The van der Waals surface area contributed by atoms with Crippen LogP contribution in [0.3, 0.4) is 0 Å². The fourth-order valence-corrected chi connectivity index (χ4v) is 3.26. The van der Waals surface area contributed by atoms with Crippen LogP contribution in [0.5, 0.6) is 0 Å². The van der Waals surface area contributed by atoms with Crippen molar-refractivity contribution in [3.05, 3.63) is 41.0 Å². The van der Waals surface area contributed by atoms with E-state index in [1.165, 1.54) is 6.20 Å². The first kappa shape index (κ1) is 16.5. The molecule has 3 rings (SSSR count). The summed E-state index contributed by atoms with van der Waals surface area (Å²) < 4.78 is 0. The van der Waals surface area contributed by atoms with Gasteiger partial charge in [-0.15, -0.1) is 0 Å². The Morgan fingerprint density at radius 2 is 2.00 bits per heavy atom. The molecule has 3 N–H and O–H groups in total. The Kier molecular flexibility index (Phi) is 4.85. The minimum absolute atomic E-state index is 0.00443. The van der Waals surface area contributed by atoms with Crippen molar-refractivity contribution in [3.63, 3.8) is 0 Å². The molecule has 0 unspecified atom stereocenters. The molecule has 0 spiro atoms. The number of carbonyl (C=O) groups is 2. The van der Waals surface area contributed by atoms with Gasteiger partial charge >= 0.3 is 5.97 Å². The van der Waals surface area contributed by atoms with Crippen molar-refractivity contribution in [3.8, 4) is 11.3 Å². The molecule has 1 fully saturated rings. The lowest BCUT2D eigenvalue weighted by atomic mass is 9.86. The number of carboxylic acids is 1. The van der Waals surface area contributed by atoms with E-state index in [1.54, 1.807) is 12.1 Å². The monoisotopic (exact) mass is 347 g/mol. The lowest BCUT2D eigenvalue weighted by Gasteiger charge is -2.26. The Labute approximate surface area is 144 Å². The molecule has 2 aromatic rings. The summed E-state index contributed by atoms with van der Waals surface area (Å²) in [6, 6.07) is 7.20. The molecule has 0 radical (unpaired) electrons. The molecule has 1 aromatic carbocycles. The van der Waals surface area contributed by atoms with E-state index in [2.05, 4.69) is 15.5 Å². The standard InChI is InChI=1S/C17H18ClN3O3/c18-12-3-1-2-11(8-12)15-14(9-19-21-15)16(22)20-13-6-4-10(5-7-13)17(23)24/h1-3,8-10,13H,4-7H2,(H,19,21)(H,20,22)(H,23,24). The van der Waals surface area contributed by atoms with Crippen LogP contribution in [-0.2, 0) is 4.79 Å². The number of halogens is 1. The van der Waals surface area contributed by atoms with Crippen LogP contribution in [-0.4, -0.2) is 33.2 Å². The number of hydrogen-bond acceptors (Lipinski definition) is 3. The number of carbonyl (C=O) groups excluding carboxylic acids is 1.